The first-order valence-corrected chi connectivity index (χ1v) is 3.96. The predicted octanol–water partition coefficient (Wildman–Crippen LogP) is 1.96. The van der Waals surface area contributed by atoms with Crippen LogP contribution >= 0.6 is 0 Å². The van der Waals surface area contributed by atoms with Crippen molar-refractivity contribution in [2.45, 2.75) is 19.8 Å². The molecule has 0 aliphatic heterocycles. The number of ether oxygens (including phenoxy) is 1. The lowest BCUT2D eigenvalue weighted by Crippen LogP contribution is -2.15. The molecule has 1 aromatic rings. The minimum Gasteiger partial charge on any atom is -0.462 e. The highest BCUT2D eigenvalue weighted by atomic mass is 19.3. The van der Waals surface area contributed by atoms with E-state index < -0.39 is 17.6 Å². The topological polar surface area (TPSA) is 52.3 Å². The molecular weight excluding hydrogens is 196 g/mol. The maximum atomic E-state index is 12.8. The Morgan fingerprint density at radius 3 is 2.86 bits per heavy atom. The number of nitrogens with zero attached hydrogens (tertiary/aromatic N) is 1. The van der Waals surface area contributed by atoms with E-state index in [1.165, 1.54) is 0 Å². The first-order chi connectivity index (χ1) is 6.46. The summed E-state index contributed by atoms with van der Waals surface area (Å²) < 4.78 is 34.5. The van der Waals surface area contributed by atoms with Crippen LogP contribution in [0.15, 0.2) is 10.8 Å². The molecule has 0 radical (unpaired) electrons. The second-order valence-corrected chi connectivity index (χ2v) is 2.69. The molecule has 0 saturated heterocycles. The van der Waals surface area contributed by atoms with Crippen LogP contribution in [0, 0.1) is 0 Å². The molecule has 6 heteroatoms. The number of alkyl halides is 2. The van der Waals surface area contributed by atoms with Crippen LogP contribution in [0.25, 0.3) is 0 Å². The molecule has 14 heavy (non-hydrogen) atoms. The standard InChI is InChI=1S/C8H9F2NO3/c1-3-13-7(12)5-4-14-11-6(5)8(2,9)10/h4H,3H2,1-2H3. The smallest absolute Gasteiger partial charge is 0.343 e. The van der Waals surface area contributed by atoms with E-state index in [1.54, 1.807) is 6.92 Å². The number of carbonyl (C=O) groups excluding carboxylic acids is 1. The summed E-state index contributed by atoms with van der Waals surface area (Å²) >= 11 is 0. The molecule has 1 heterocycles. The van der Waals surface area contributed by atoms with Crippen LogP contribution in [-0.4, -0.2) is 17.7 Å². The SMILES string of the molecule is CCOC(=O)c1conc1C(C)(F)F. The lowest BCUT2D eigenvalue weighted by atomic mass is 10.2. The third-order valence-electron chi connectivity index (χ3n) is 1.48. The van der Waals surface area contributed by atoms with Gasteiger partial charge in [0.05, 0.1) is 6.61 Å². The average molecular weight is 205 g/mol. The lowest BCUT2D eigenvalue weighted by molar-refractivity contribution is 0.00732. The van der Waals surface area contributed by atoms with Crippen molar-refractivity contribution in [3.8, 4) is 0 Å². The largest absolute Gasteiger partial charge is 0.462 e. The Morgan fingerprint density at radius 2 is 2.36 bits per heavy atom. The molecule has 0 bridgehead atoms. The van der Waals surface area contributed by atoms with E-state index in [0.717, 1.165) is 6.26 Å². The number of halogens is 2. The van der Waals surface area contributed by atoms with Crippen molar-refractivity contribution in [1.29, 1.82) is 0 Å². The Bertz CT molecular complexity index is 330. The second kappa shape index (κ2) is 3.73. The molecule has 1 rings (SSSR count). The zero-order valence-electron chi connectivity index (χ0n) is 7.71. The monoisotopic (exact) mass is 205 g/mol. The third kappa shape index (κ3) is 2.07. The summed E-state index contributed by atoms with van der Waals surface area (Å²) in [6.45, 7) is 2.32. The molecule has 0 fully saturated rings. The van der Waals surface area contributed by atoms with Gasteiger partial charge >= 0.3 is 5.97 Å². The molecule has 0 N–H and O–H groups in total. The molecule has 78 valence electrons. The molecule has 0 saturated carbocycles. The Morgan fingerprint density at radius 1 is 1.71 bits per heavy atom. The van der Waals surface area contributed by atoms with Gasteiger partial charge in [0.25, 0.3) is 5.92 Å². The zero-order valence-corrected chi connectivity index (χ0v) is 7.71. The van der Waals surface area contributed by atoms with Gasteiger partial charge in [-0.1, -0.05) is 5.16 Å². The van der Waals surface area contributed by atoms with Crippen molar-refractivity contribution in [2.24, 2.45) is 0 Å². The van der Waals surface area contributed by atoms with Gasteiger partial charge in [0.1, 0.15) is 11.8 Å². The first-order valence-electron chi connectivity index (χ1n) is 3.96. The fraction of sp³-hybridized carbons (Fsp3) is 0.500. The van der Waals surface area contributed by atoms with E-state index in [1.807, 2.05) is 0 Å². The van der Waals surface area contributed by atoms with Crippen molar-refractivity contribution >= 4 is 5.97 Å². The van der Waals surface area contributed by atoms with Crippen LogP contribution in [0.1, 0.15) is 29.9 Å². The quantitative estimate of drug-likeness (QED) is 0.708. The number of hydrogen-bond donors (Lipinski definition) is 0. The summed E-state index contributed by atoms with van der Waals surface area (Å²) in [5, 5.41) is 3.06. The highest BCUT2D eigenvalue weighted by molar-refractivity contribution is 5.90. The number of esters is 1. The van der Waals surface area contributed by atoms with Crippen molar-refractivity contribution < 1.29 is 22.8 Å². The van der Waals surface area contributed by atoms with E-state index in [-0.39, 0.29) is 12.2 Å². The van der Waals surface area contributed by atoms with Crippen molar-refractivity contribution in [3.05, 3.63) is 17.5 Å². The number of aromatic nitrogens is 1. The summed E-state index contributed by atoms with van der Waals surface area (Å²) in [5.41, 5.74) is -1.03. The number of carbonyl (C=O) groups is 1. The maximum Gasteiger partial charge on any atom is 0.343 e. The van der Waals surface area contributed by atoms with E-state index in [2.05, 4.69) is 14.4 Å². The van der Waals surface area contributed by atoms with Gasteiger partial charge in [-0.2, -0.15) is 8.78 Å². The molecule has 0 atom stereocenters. The van der Waals surface area contributed by atoms with Crippen LogP contribution in [-0.2, 0) is 10.7 Å². The van der Waals surface area contributed by atoms with E-state index in [9.17, 15) is 13.6 Å². The summed E-state index contributed by atoms with van der Waals surface area (Å²) in [6, 6.07) is 0. The number of rotatable bonds is 3. The van der Waals surface area contributed by atoms with Crippen LogP contribution in [0.4, 0.5) is 8.78 Å². The lowest BCUT2D eigenvalue weighted by Gasteiger charge is -2.07. The van der Waals surface area contributed by atoms with Gasteiger partial charge in [-0.15, -0.1) is 0 Å². The molecule has 0 aliphatic carbocycles. The fourth-order valence-corrected chi connectivity index (χ4v) is 0.907. The van der Waals surface area contributed by atoms with Crippen LogP contribution in [0.5, 0.6) is 0 Å². The Hall–Kier alpha value is -1.46. The molecule has 1 aromatic heterocycles. The predicted molar refractivity (Wildman–Crippen MR) is 42.0 cm³/mol. The molecule has 0 spiro atoms. The Labute approximate surface area is 78.8 Å². The summed E-state index contributed by atoms with van der Waals surface area (Å²) in [4.78, 5) is 11.1. The fourth-order valence-electron chi connectivity index (χ4n) is 0.907. The van der Waals surface area contributed by atoms with Gasteiger partial charge in [-0.3, -0.25) is 0 Å². The van der Waals surface area contributed by atoms with Gasteiger partial charge in [0, 0.05) is 6.92 Å². The minimum atomic E-state index is -3.21. The molecular formula is C8H9F2NO3. The van der Waals surface area contributed by atoms with Crippen LogP contribution < -0.4 is 0 Å². The third-order valence-corrected chi connectivity index (χ3v) is 1.48. The highest BCUT2D eigenvalue weighted by Crippen LogP contribution is 2.28. The Kier molecular flexibility index (Phi) is 2.83. The molecule has 0 aliphatic rings. The Balaban J connectivity index is 2.99. The van der Waals surface area contributed by atoms with Gasteiger partial charge in [-0.05, 0) is 6.92 Å². The van der Waals surface area contributed by atoms with E-state index >= 15 is 0 Å². The molecule has 4 nitrogen and oxygen atoms in total. The van der Waals surface area contributed by atoms with Gasteiger partial charge in [0.2, 0.25) is 0 Å². The van der Waals surface area contributed by atoms with Crippen LogP contribution in [0.2, 0.25) is 0 Å². The van der Waals surface area contributed by atoms with E-state index in [4.69, 9.17) is 0 Å². The van der Waals surface area contributed by atoms with E-state index in [0.29, 0.717) is 6.92 Å². The molecule has 0 amide bonds. The van der Waals surface area contributed by atoms with Gasteiger partial charge in [0.15, 0.2) is 5.69 Å². The van der Waals surface area contributed by atoms with Crippen molar-refractivity contribution in [1.82, 2.24) is 5.16 Å². The first kappa shape index (κ1) is 10.6. The highest BCUT2D eigenvalue weighted by Gasteiger charge is 2.34. The zero-order chi connectivity index (χ0) is 10.8. The normalized spacial score (nSPS) is 11.4. The van der Waals surface area contributed by atoms with Crippen LogP contribution in [0.3, 0.4) is 0 Å². The average Bonchev–Trinajstić information content (AvgIpc) is 2.50. The van der Waals surface area contributed by atoms with Crippen molar-refractivity contribution in [3.63, 3.8) is 0 Å². The summed E-state index contributed by atoms with van der Waals surface area (Å²) in [5.74, 6) is -4.07. The minimum absolute atomic E-state index is 0.110. The summed E-state index contributed by atoms with van der Waals surface area (Å²) in [7, 11) is 0. The van der Waals surface area contributed by atoms with Gasteiger partial charge < -0.3 is 9.26 Å². The molecule has 0 unspecified atom stereocenters. The molecule has 0 aromatic carbocycles. The second-order valence-electron chi connectivity index (χ2n) is 2.69. The maximum absolute atomic E-state index is 12.8. The van der Waals surface area contributed by atoms with Gasteiger partial charge in [-0.25, -0.2) is 4.79 Å². The summed E-state index contributed by atoms with van der Waals surface area (Å²) in [6.07, 6.45) is 0.852. The number of hydrogen-bond acceptors (Lipinski definition) is 4. The van der Waals surface area contributed by atoms with Crippen molar-refractivity contribution in [2.75, 3.05) is 6.61 Å².